The fourth-order valence-corrected chi connectivity index (χ4v) is 9.79. The number of rotatable bonds is 8. The third kappa shape index (κ3) is 8.19. The number of piperidine rings is 3. The average molecular weight is 777 g/mol. The lowest BCUT2D eigenvalue weighted by Gasteiger charge is -2.40. The minimum absolute atomic E-state index is 0.139. The maximum absolute atomic E-state index is 13.5. The third-order valence-electron chi connectivity index (χ3n) is 13.1. The summed E-state index contributed by atoms with van der Waals surface area (Å²) in [6.45, 7) is 12.6. The van der Waals surface area contributed by atoms with Gasteiger partial charge in [0.2, 0.25) is 11.8 Å². The molecule has 0 unspecified atom stereocenters. The van der Waals surface area contributed by atoms with E-state index in [2.05, 4.69) is 66.6 Å². The van der Waals surface area contributed by atoms with Gasteiger partial charge in [-0.25, -0.2) is 0 Å². The van der Waals surface area contributed by atoms with E-state index in [1.165, 1.54) is 12.1 Å². The number of carbonyl (C=O) groups excluding carboxylic acids is 3. The summed E-state index contributed by atoms with van der Waals surface area (Å²) in [6, 6.07) is 22.2. The maximum Gasteiger partial charge on any atom is 0.253 e. The lowest BCUT2D eigenvalue weighted by molar-refractivity contribution is -0.133. The van der Waals surface area contributed by atoms with E-state index in [9.17, 15) is 19.6 Å². The molecule has 1 atom stereocenters. The van der Waals surface area contributed by atoms with Gasteiger partial charge in [0.25, 0.3) is 5.91 Å². The summed E-state index contributed by atoms with van der Waals surface area (Å²) >= 11 is 6.50. The molecule has 0 bridgehead atoms. The molecule has 3 aromatic rings. The van der Waals surface area contributed by atoms with Crippen LogP contribution in [0.4, 0.5) is 22.7 Å². The molecule has 0 aromatic heterocycles. The zero-order valence-electron chi connectivity index (χ0n) is 32.4. The van der Waals surface area contributed by atoms with Crippen LogP contribution < -0.4 is 25.3 Å². The van der Waals surface area contributed by atoms with Crippen molar-refractivity contribution in [2.75, 3.05) is 92.0 Å². The van der Waals surface area contributed by atoms with Gasteiger partial charge in [-0.1, -0.05) is 17.7 Å². The second-order valence-corrected chi connectivity index (χ2v) is 17.0. The molecule has 56 heavy (non-hydrogen) atoms. The number of nitriles is 1. The predicted molar refractivity (Wildman–Crippen MR) is 222 cm³/mol. The van der Waals surface area contributed by atoms with Crippen molar-refractivity contribution in [3.63, 3.8) is 0 Å². The zero-order chi connectivity index (χ0) is 38.8. The number of likely N-dealkylation sites (tertiary alicyclic amines) is 1. The van der Waals surface area contributed by atoms with E-state index in [0.717, 1.165) is 126 Å². The van der Waals surface area contributed by atoms with E-state index in [0.29, 0.717) is 34.8 Å². The van der Waals surface area contributed by atoms with Crippen LogP contribution in [0.2, 0.25) is 5.02 Å². The van der Waals surface area contributed by atoms with Crippen molar-refractivity contribution in [1.82, 2.24) is 15.1 Å². The monoisotopic (exact) mass is 776 g/mol. The first-order chi connectivity index (χ1) is 27.2. The number of halogens is 1. The second kappa shape index (κ2) is 16.4. The SMILES string of the molecule is Cc1c(N2CCC3(CCN(c4ccc(C(=O)N5CCC(CN6CCN(c7cccc(N[C@H]8CCC(=O)NC8=O)c7)CC6)CC5)cc4)CC3)C2)ccc(C#N)c1Cl. The molecule has 0 saturated carbocycles. The first kappa shape index (κ1) is 38.1. The highest BCUT2D eigenvalue weighted by Crippen LogP contribution is 2.44. The highest BCUT2D eigenvalue weighted by atomic mass is 35.5. The van der Waals surface area contributed by atoms with Crippen molar-refractivity contribution >= 4 is 52.1 Å². The van der Waals surface area contributed by atoms with Gasteiger partial charge < -0.3 is 24.9 Å². The molecule has 294 valence electrons. The molecule has 5 heterocycles. The highest BCUT2D eigenvalue weighted by Gasteiger charge is 2.41. The van der Waals surface area contributed by atoms with Crippen molar-refractivity contribution in [3.05, 3.63) is 82.4 Å². The van der Waals surface area contributed by atoms with Crippen LogP contribution in [0, 0.1) is 29.6 Å². The summed E-state index contributed by atoms with van der Waals surface area (Å²) in [5, 5.41) is 15.7. The van der Waals surface area contributed by atoms with Gasteiger partial charge in [-0.05, 0) is 117 Å². The van der Waals surface area contributed by atoms with Crippen LogP contribution in [-0.4, -0.2) is 106 Å². The third-order valence-corrected chi connectivity index (χ3v) is 13.6. The number of nitrogens with zero attached hydrogens (tertiary/aromatic N) is 6. The molecule has 11 nitrogen and oxygen atoms in total. The molecule has 1 spiro atoms. The van der Waals surface area contributed by atoms with Gasteiger partial charge >= 0.3 is 0 Å². The van der Waals surface area contributed by atoms with Crippen LogP contribution in [-0.2, 0) is 9.59 Å². The van der Waals surface area contributed by atoms with Gasteiger partial charge in [0.1, 0.15) is 12.1 Å². The number of benzene rings is 3. The Labute approximate surface area is 335 Å². The van der Waals surface area contributed by atoms with Crippen LogP contribution in [0.25, 0.3) is 0 Å². The molecule has 2 N–H and O–H groups in total. The summed E-state index contributed by atoms with van der Waals surface area (Å²) in [5.41, 5.74) is 6.98. The van der Waals surface area contributed by atoms with Gasteiger partial charge in [-0.3, -0.25) is 24.6 Å². The van der Waals surface area contributed by atoms with Gasteiger partial charge in [0.05, 0.1) is 10.6 Å². The zero-order valence-corrected chi connectivity index (χ0v) is 33.2. The molecular formula is C44H53ClN8O3. The van der Waals surface area contributed by atoms with Crippen molar-refractivity contribution < 1.29 is 14.4 Å². The summed E-state index contributed by atoms with van der Waals surface area (Å²) < 4.78 is 0. The molecule has 12 heteroatoms. The van der Waals surface area contributed by atoms with E-state index in [-0.39, 0.29) is 23.8 Å². The van der Waals surface area contributed by atoms with E-state index >= 15 is 0 Å². The van der Waals surface area contributed by atoms with E-state index in [1.54, 1.807) is 0 Å². The minimum atomic E-state index is -0.389. The molecule has 0 aliphatic carbocycles. The number of nitrogens with one attached hydrogen (secondary N) is 2. The molecule has 3 aromatic carbocycles. The van der Waals surface area contributed by atoms with Crippen LogP contribution in [0.3, 0.4) is 0 Å². The van der Waals surface area contributed by atoms with Crippen molar-refractivity contribution in [1.29, 1.82) is 5.26 Å². The fraction of sp³-hybridized carbons (Fsp3) is 0.500. The maximum atomic E-state index is 13.5. The molecule has 3 amide bonds. The van der Waals surface area contributed by atoms with Crippen LogP contribution >= 0.6 is 11.6 Å². The number of amides is 3. The Balaban J connectivity index is 0.760. The van der Waals surface area contributed by atoms with Crippen LogP contribution in [0.5, 0.6) is 0 Å². The standard InChI is InChI=1S/C44H53ClN8O3/c1-31-39(11-7-34(28-46)41(31)45)53-22-17-44(30-53)15-20-50(21-16-44)36-8-5-33(6-9-36)43(56)52-18-13-32(14-19-52)29-49-23-25-51(26-24-49)37-4-2-3-35(27-37)47-38-10-12-40(54)48-42(38)55/h2-9,11,27,32,38,47H,10,12-26,29-30H2,1H3,(H,48,54,55)/t38-/m0/s1. The molecule has 5 aliphatic rings. The number of hydrogen-bond acceptors (Lipinski definition) is 9. The second-order valence-electron chi connectivity index (χ2n) is 16.6. The lowest BCUT2D eigenvalue weighted by Crippen LogP contribution is -2.49. The van der Waals surface area contributed by atoms with E-state index < -0.39 is 0 Å². The Hall–Kier alpha value is -4.79. The number of imide groups is 1. The first-order valence-electron chi connectivity index (χ1n) is 20.4. The van der Waals surface area contributed by atoms with Gasteiger partial charge in [-0.2, -0.15) is 5.26 Å². The Kier molecular flexibility index (Phi) is 11.1. The lowest BCUT2D eigenvalue weighted by atomic mass is 9.77. The minimum Gasteiger partial charge on any atom is -0.374 e. The molecular weight excluding hydrogens is 724 g/mol. The summed E-state index contributed by atoms with van der Waals surface area (Å²) in [7, 11) is 0. The largest absolute Gasteiger partial charge is 0.374 e. The van der Waals surface area contributed by atoms with Crippen molar-refractivity contribution in [2.45, 2.75) is 57.9 Å². The Bertz CT molecular complexity index is 1970. The number of carbonyl (C=O) groups is 3. The van der Waals surface area contributed by atoms with E-state index in [1.807, 2.05) is 42.2 Å². The van der Waals surface area contributed by atoms with Crippen molar-refractivity contribution in [2.24, 2.45) is 11.3 Å². The van der Waals surface area contributed by atoms with Crippen LogP contribution in [0.1, 0.15) is 66.4 Å². The summed E-state index contributed by atoms with van der Waals surface area (Å²) in [5.74, 6) is 0.270. The van der Waals surface area contributed by atoms with Gasteiger partial charge in [-0.15, -0.1) is 0 Å². The predicted octanol–water partition coefficient (Wildman–Crippen LogP) is 5.91. The topological polar surface area (TPSA) is 115 Å². The molecule has 5 saturated heterocycles. The quantitative estimate of drug-likeness (QED) is 0.270. The van der Waals surface area contributed by atoms with Crippen molar-refractivity contribution in [3.8, 4) is 6.07 Å². The highest BCUT2D eigenvalue weighted by molar-refractivity contribution is 6.32. The molecule has 0 radical (unpaired) electrons. The van der Waals surface area contributed by atoms with E-state index in [4.69, 9.17) is 11.6 Å². The van der Waals surface area contributed by atoms with Crippen LogP contribution in [0.15, 0.2) is 60.7 Å². The van der Waals surface area contributed by atoms with Gasteiger partial charge in [0.15, 0.2) is 0 Å². The number of piperazine rings is 1. The average Bonchev–Trinajstić information content (AvgIpc) is 3.63. The normalized spacial score (nSPS) is 22.0. The number of hydrogen-bond donors (Lipinski definition) is 2. The summed E-state index contributed by atoms with van der Waals surface area (Å²) in [4.78, 5) is 49.2. The molecule has 8 rings (SSSR count). The molecule has 5 aliphatic heterocycles. The first-order valence-corrected chi connectivity index (χ1v) is 20.8. The Morgan fingerprint density at radius 1 is 0.857 bits per heavy atom. The van der Waals surface area contributed by atoms with Gasteiger partial charge in [0, 0.05) is 107 Å². The smallest absolute Gasteiger partial charge is 0.253 e. The molecule has 5 fully saturated rings. The summed E-state index contributed by atoms with van der Waals surface area (Å²) in [6.07, 6.45) is 6.37. The fourth-order valence-electron chi connectivity index (χ4n) is 9.59. The Morgan fingerprint density at radius 3 is 2.25 bits per heavy atom. The number of anilines is 4. The Morgan fingerprint density at radius 2 is 1.55 bits per heavy atom.